The van der Waals surface area contributed by atoms with Crippen molar-refractivity contribution in [3.63, 3.8) is 0 Å². The third-order valence-electron chi connectivity index (χ3n) is 3.38. The van der Waals surface area contributed by atoms with Gasteiger partial charge in [0.05, 0.1) is 13.2 Å². The average molecular weight is 345 g/mol. The van der Waals surface area contributed by atoms with Crippen LogP contribution in [0.25, 0.3) is 0 Å². The summed E-state index contributed by atoms with van der Waals surface area (Å²) in [6.45, 7) is 2.04. The Morgan fingerprint density at radius 1 is 1.14 bits per heavy atom. The van der Waals surface area contributed by atoms with Crippen LogP contribution in [0.15, 0.2) is 53.0 Å². The minimum atomic E-state index is -0.363. The van der Waals surface area contributed by atoms with Crippen LogP contribution >= 0.6 is 15.9 Å². The SMILES string of the molecule is COc1ccc([C@H](C)N[C@H](C#N)c2ccccc2Br)cc1. The zero-order valence-electron chi connectivity index (χ0n) is 12.0. The Morgan fingerprint density at radius 2 is 1.81 bits per heavy atom. The lowest BCUT2D eigenvalue weighted by Gasteiger charge is -2.20. The Bertz CT molecular complexity index is 634. The van der Waals surface area contributed by atoms with Crippen LogP contribution in [0.1, 0.15) is 30.1 Å². The maximum Gasteiger partial charge on any atom is 0.122 e. The van der Waals surface area contributed by atoms with Crippen LogP contribution < -0.4 is 10.1 Å². The zero-order chi connectivity index (χ0) is 15.2. The fourth-order valence-electron chi connectivity index (χ4n) is 2.14. The predicted octanol–water partition coefficient (Wildman–Crippen LogP) is 4.37. The van der Waals surface area contributed by atoms with Crippen LogP contribution in [0.4, 0.5) is 0 Å². The van der Waals surface area contributed by atoms with E-state index in [-0.39, 0.29) is 12.1 Å². The van der Waals surface area contributed by atoms with Gasteiger partial charge in [-0.25, -0.2) is 0 Å². The summed E-state index contributed by atoms with van der Waals surface area (Å²) in [4.78, 5) is 0. The fourth-order valence-corrected chi connectivity index (χ4v) is 2.66. The summed E-state index contributed by atoms with van der Waals surface area (Å²) in [5.41, 5.74) is 2.06. The van der Waals surface area contributed by atoms with Crippen LogP contribution in [0.3, 0.4) is 0 Å². The molecule has 4 heteroatoms. The van der Waals surface area contributed by atoms with E-state index in [1.54, 1.807) is 7.11 Å². The summed E-state index contributed by atoms with van der Waals surface area (Å²) in [6.07, 6.45) is 0. The van der Waals surface area contributed by atoms with Gasteiger partial charge in [-0.15, -0.1) is 0 Å². The molecule has 0 spiro atoms. The molecule has 0 fully saturated rings. The Labute approximate surface area is 133 Å². The van der Waals surface area contributed by atoms with E-state index in [9.17, 15) is 5.26 Å². The minimum absolute atomic E-state index is 0.0627. The van der Waals surface area contributed by atoms with Crippen molar-refractivity contribution in [1.29, 1.82) is 5.26 Å². The van der Waals surface area contributed by atoms with E-state index < -0.39 is 0 Å². The first kappa shape index (κ1) is 15.6. The minimum Gasteiger partial charge on any atom is -0.497 e. The lowest BCUT2D eigenvalue weighted by Crippen LogP contribution is -2.23. The quantitative estimate of drug-likeness (QED) is 0.875. The highest BCUT2D eigenvalue weighted by Crippen LogP contribution is 2.26. The maximum atomic E-state index is 9.43. The van der Waals surface area contributed by atoms with E-state index in [0.717, 1.165) is 21.3 Å². The van der Waals surface area contributed by atoms with Gasteiger partial charge in [0.25, 0.3) is 0 Å². The van der Waals surface area contributed by atoms with Crippen molar-refractivity contribution in [2.45, 2.75) is 19.0 Å². The highest BCUT2D eigenvalue weighted by Gasteiger charge is 2.16. The highest BCUT2D eigenvalue weighted by atomic mass is 79.9. The molecule has 108 valence electrons. The van der Waals surface area contributed by atoms with E-state index in [0.29, 0.717) is 0 Å². The first-order valence-corrected chi connectivity index (χ1v) is 7.49. The van der Waals surface area contributed by atoms with Gasteiger partial charge in [-0.3, -0.25) is 5.32 Å². The second-order valence-corrected chi connectivity index (χ2v) is 5.60. The van der Waals surface area contributed by atoms with Gasteiger partial charge in [0.1, 0.15) is 11.8 Å². The predicted molar refractivity (Wildman–Crippen MR) is 87.0 cm³/mol. The van der Waals surface area contributed by atoms with Crippen LogP contribution in [0.2, 0.25) is 0 Å². The van der Waals surface area contributed by atoms with Gasteiger partial charge in [0.2, 0.25) is 0 Å². The lowest BCUT2D eigenvalue weighted by molar-refractivity contribution is 0.414. The van der Waals surface area contributed by atoms with Gasteiger partial charge in [-0.2, -0.15) is 5.26 Å². The molecule has 0 aliphatic carbocycles. The number of methoxy groups -OCH3 is 1. The van der Waals surface area contributed by atoms with Crippen LogP contribution in [0, 0.1) is 11.3 Å². The summed E-state index contributed by atoms with van der Waals surface area (Å²) in [5.74, 6) is 0.827. The first-order valence-electron chi connectivity index (χ1n) is 6.69. The van der Waals surface area contributed by atoms with Crippen LogP contribution in [0.5, 0.6) is 5.75 Å². The Kier molecular flexibility index (Phi) is 5.38. The van der Waals surface area contributed by atoms with Gasteiger partial charge in [-0.05, 0) is 36.2 Å². The molecular formula is C17H17BrN2O. The van der Waals surface area contributed by atoms with Crippen molar-refractivity contribution in [2.24, 2.45) is 0 Å². The molecule has 0 bridgehead atoms. The molecule has 0 saturated carbocycles. The van der Waals surface area contributed by atoms with Gasteiger partial charge in [-0.1, -0.05) is 46.3 Å². The molecule has 21 heavy (non-hydrogen) atoms. The van der Waals surface area contributed by atoms with Crippen molar-refractivity contribution in [3.8, 4) is 11.8 Å². The number of nitriles is 1. The molecule has 0 heterocycles. The van der Waals surface area contributed by atoms with Crippen LogP contribution in [-0.2, 0) is 0 Å². The van der Waals surface area contributed by atoms with Gasteiger partial charge < -0.3 is 4.74 Å². The topological polar surface area (TPSA) is 45.0 Å². The normalized spacial score (nSPS) is 13.2. The maximum absolute atomic E-state index is 9.43. The van der Waals surface area contributed by atoms with Crippen molar-refractivity contribution in [2.75, 3.05) is 7.11 Å². The molecule has 2 aromatic carbocycles. The molecule has 3 nitrogen and oxygen atoms in total. The Morgan fingerprint density at radius 3 is 2.38 bits per heavy atom. The molecule has 0 aliphatic heterocycles. The van der Waals surface area contributed by atoms with E-state index in [2.05, 4.69) is 27.3 Å². The number of hydrogen-bond acceptors (Lipinski definition) is 3. The monoisotopic (exact) mass is 344 g/mol. The smallest absolute Gasteiger partial charge is 0.122 e. The summed E-state index contributed by atoms with van der Waals surface area (Å²) in [6, 6.07) is 17.6. The number of benzene rings is 2. The molecule has 0 radical (unpaired) electrons. The van der Waals surface area contributed by atoms with Crippen molar-refractivity contribution in [3.05, 3.63) is 64.1 Å². The molecule has 0 aliphatic rings. The summed E-state index contributed by atoms with van der Waals surface area (Å²) in [7, 11) is 1.65. The molecule has 0 aromatic heterocycles. The van der Waals surface area contributed by atoms with E-state index >= 15 is 0 Å². The molecule has 0 unspecified atom stereocenters. The number of halogens is 1. The number of rotatable bonds is 5. The highest BCUT2D eigenvalue weighted by molar-refractivity contribution is 9.10. The first-order chi connectivity index (χ1) is 10.2. The molecule has 1 N–H and O–H groups in total. The summed E-state index contributed by atoms with van der Waals surface area (Å²) >= 11 is 3.50. The van der Waals surface area contributed by atoms with Crippen LogP contribution in [-0.4, -0.2) is 7.11 Å². The van der Waals surface area contributed by atoms with Gasteiger partial charge in [0.15, 0.2) is 0 Å². The molecular weight excluding hydrogens is 328 g/mol. The lowest BCUT2D eigenvalue weighted by atomic mass is 10.0. The van der Waals surface area contributed by atoms with Crippen molar-refractivity contribution >= 4 is 15.9 Å². The molecule has 2 rings (SSSR count). The Balaban J connectivity index is 2.14. The number of nitrogens with zero attached hydrogens (tertiary/aromatic N) is 1. The summed E-state index contributed by atoms with van der Waals surface area (Å²) in [5, 5.41) is 12.8. The molecule has 0 amide bonds. The second-order valence-electron chi connectivity index (χ2n) is 4.75. The van der Waals surface area contributed by atoms with Crippen molar-refractivity contribution in [1.82, 2.24) is 5.32 Å². The van der Waals surface area contributed by atoms with Gasteiger partial charge in [0, 0.05) is 10.5 Å². The third-order valence-corrected chi connectivity index (χ3v) is 4.10. The fraction of sp³-hybridized carbons (Fsp3) is 0.235. The third kappa shape index (κ3) is 3.84. The second kappa shape index (κ2) is 7.26. The summed E-state index contributed by atoms with van der Waals surface area (Å²) < 4.78 is 6.09. The van der Waals surface area contributed by atoms with Gasteiger partial charge >= 0.3 is 0 Å². The van der Waals surface area contributed by atoms with Crippen molar-refractivity contribution < 1.29 is 4.74 Å². The number of nitrogens with one attached hydrogen (secondary N) is 1. The molecule has 2 aromatic rings. The molecule has 2 atom stereocenters. The average Bonchev–Trinajstić information content (AvgIpc) is 2.53. The molecule has 0 saturated heterocycles. The number of hydrogen-bond donors (Lipinski definition) is 1. The zero-order valence-corrected chi connectivity index (χ0v) is 13.6. The Hall–Kier alpha value is -1.83. The van der Waals surface area contributed by atoms with E-state index in [1.165, 1.54) is 0 Å². The standard InChI is InChI=1S/C17H17BrN2O/c1-12(13-7-9-14(21-2)10-8-13)20-17(11-19)15-5-3-4-6-16(15)18/h3-10,12,17,20H,1-2H3/t12-,17+/m0/s1. The number of ether oxygens (including phenoxy) is 1. The van der Waals surface area contributed by atoms with E-state index in [1.807, 2.05) is 55.5 Å². The van der Waals surface area contributed by atoms with E-state index in [4.69, 9.17) is 4.74 Å². The largest absolute Gasteiger partial charge is 0.497 e.